The lowest BCUT2D eigenvalue weighted by Crippen LogP contribution is -2.21. The minimum Gasteiger partial charge on any atom is -0.490 e. The Balaban J connectivity index is 1.91. The van der Waals surface area contributed by atoms with Gasteiger partial charge in [0.1, 0.15) is 0 Å². The zero-order valence-corrected chi connectivity index (χ0v) is 14.6. The predicted octanol–water partition coefficient (Wildman–Crippen LogP) is 4.61. The first-order chi connectivity index (χ1) is 11.1. The van der Waals surface area contributed by atoms with E-state index in [0.29, 0.717) is 35.5 Å². The van der Waals surface area contributed by atoms with Crippen molar-refractivity contribution < 1.29 is 9.84 Å². The first kappa shape index (κ1) is 18.1. The molecule has 1 atom stereocenters. The average Bonchev–Trinajstić information content (AvgIpc) is 2.55. The Kier molecular flexibility index (Phi) is 7.18. The molecule has 0 saturated heterocycles. The maximum absolute atomic E-state index is 10.1. The average molecular weight is 354 g/mol. The topological polar surface area (TPSA) is 41.5 Å². The third-order valence-electron chi connectivity index (χ3n) is 3.36. The summed E-state index contributed by atoms with van der Waals surface area (Å²) in [6.45, 7) is 3.63. The largest absolute Gasteiger partial charge is 0.490 e. The molecule has 1 unspecified atom stereocenters. The van der Waals surface area contributed by atoms with Crippen molar-refractivity contribution in [1.82, 2.24) is 5.32 Å². The Morgan fingerprint density at radius 1 is 1.13 bits per heavy atom. The molecule has 2 aromatic rings. The van der Waals surface area contributed by atoms with Crippen LogP contribution in [0.3, 0.4) is 0 Å². The molecule has 0 fully saturated rings. The molecular weight excluding hydrogens is 333 g/mol. The number of aliphatic hydroxyl groups excluding tert-OH is 1. The second-order valence-electron chi connectivity index (χ2n) is 5.29. The lowest BCUT2D eigenvalue weighted by molar-refractivity contribution is 0.174. The van der Waals surface area contributed by atoms with Crippen molar-refractivity contribution in [2.45, 2.75) is 26.0 Å². The van der Waals surface area contributed by atoms with E-state index in [1.165, 1.54) is 0 Å². The van der Waals surface area contributed by atoms with Crippen LogP contribution in [0.5, 0.6) is 5.75 Å². The van der Waals surface area contributed by atoms with E-state index in [4.69, 9.17) is 27.9 Å². The highest BCUT2D eigenvalue weighted by atomic mass is 35.5. The molecule has 2 N–H and O–H groups in total. The summed E-state index contributed by atoms with van der Waals surface area (Å²) >= 11 is 12.4. The normalized spacial score (nSPS) is 12.2. The van der Waals surface area contributed by atoms with Crippen molar-refractivity contribution >= 4 is 23.2 Å². The fourth-order valence-corrected chi connectivity index (χ4v) is 2.84. The Labute approximate surface area is 147 Å². The monoisotopic (exact) mass is 353 g/mol. The molecule has 0 aliphatic heterocycles. The Hall–Kier alpha value is -1.26. The number of hydrogen-bond acceptors (Lipinski definition) is 3. The van der Waals surface area contributed by atoms with Gasteiger partial charge < -0.3 is 15.2 Å². The summed E-state index contributed by atoms with van der Waals surface area (Å²) in [5, 5.41) is 14.3. The quantitative estimate of drug-likeness (QED) is 0.728. The molecule has 3 nitrogen and oxygen atoms in total. The maximum Gasteiger partial charge on any atom is 0.156 e. The minimum absolute atomic E-state index is 0.452. The van der Waals surface area contributed by atoms with Gasteiger partial charge in [-0.05, 0) is 29.7 Å². The lowest BCUT2D eigenvalue weighted by Gasteiger charge is -2.14. The molecule has 0 saturated carbocycles. The Morgan fingerprint density at radius 3 is 2.39 bits per heavy atom. The van der Waals surface area contributed by atoms with Crippen molar-refractivity contribution in [2.75, 3.05) is 13.2 Å². The first-order valence-electron chi connectivity index (χ1n) is 7.66. The third-order valence-corrected chi connectivity index (χ3v) is 3.92. The van der Waals surface area contributed by atoms with Crippen molar-refractivity contribution in [3.8, 4) is 5.75 Å². The van der Waals surface area contributed by atoms with Gasteiger partial charge in [-0.1, -0.05) is 60.5 Å². The van der Waals surface area contributed by atoms with Crippen molar-refractivity contribution in [3.05, 3.63) is 63.6 Å². The van der Waals surface area contributed by atoms with Gasteiger partial charge in [-0.3, -0.25) is 0 Å². The number of hydrogen-bond donors (Lipinski definition) is 2. The molecule has 5 heteroatoms. The molecule has 2 aromatic carbocycles. The van der Waals surface area contributed by atoms with E-state index >= 15 is 0 Å². The van der Waals surface area contributed by atoms with Crippen LogP contribution in [0.1, 0.15) is 30.6 Å². The second kappa shape index (κ2) is 9.14. The summed E-state index contributed by atoms with van der Waals surface area (Å²) in [6.07, 6.45) is 0.349. The number of halogens is 2. The molecule has 0 aliphatic rings. The molecule has 0 bridgehead atoms. The number of nitrogens with one attached hydrogen (secondary N) is 1. The zero-order valence-electron chi connectivity index (χ0n) is 13.1. The standard InChI is InChI=1S/C18H21Cl2NO2/c1-2-8-23-18-15(19)9-13(10-16(18)20)11-21-12-17(22)14-6-4-3-5-7-14/h3-7,9-10,17,21-22H,2,8,11-12H2,1H3. The van der Waals surface area contributed by atoms with Gasteiger partial charge in [0, 0.05) is 13.1 Å². The van der Waals surface area contributed by atoms with Gasteiger partial charge >= 0.3 is 0 Å². The summed E-state index contributed by atoms with van der Waals surface area (Å²) in [7, 11) is 0. The zero-order chi connectivity index (χ0) is 16.7. The van der Waals surface area contributed by atoms with Crippen molar-refractivity contribution in [2.24, 2.45) is 0 Å². The molecule has 23 heavy (non-hydrogen) atoms. The number of ether oxygens (including phenoxy) is 1. The fourth-order valence-electron chi connectivity index (χ4n) is 2.20. The van der Waals surface area contributed by atoms with E-state index in [9.17, 15) is 5.11 Å². The molecule has 2 rings (SSSR count). The Bertz CT molecular complexity index is 597. The molecular formula is C18H21Cl2NO2. The van der Waals surface area contributed by atoms with E-state index in [1.807, 2.05) is 49.4 Å². The lowest BCUT2D eigenvalue weighted by atomic mass is 10.1. The molecule has 0 radical (unpaired) electrons. The van der Waals surface area contributed by atoms with Gasteiger partial charge in [0.25, 0.3) is 0 Å². The molecule has 0 amide bonds. The van der Waals surface area contributed by atoms with E-state index in [-0.39, 0.29) is 0 Å². The molecule has 0 spiro atoms. The number of aliphatic hydroxyl groups is 1. The summed E-state index contributed by atoms with van der Waals surface area (Å²) < 4.78 is 5.55. The Morgan fingerprint density at radius 2 is 1.78 bits per heavy atom. The summed E-state index contributed by atoms with van der Waals surface area (Å²) in [4.78, 5) is 0. The van der Waals surface area contributed by atoms with Gasteiger partial charge in [0.15, 0.2) is 5.75 Å². The summed E-state index contributed by atoms with van der Waals surface area (Å²) in [5.74, 6) is 0.531. The van der Waals surface area contributed by atoms with E-state index in [0.717, 1.165) is 17.5 Å². The van der Waals surface area contributed by atoms with Crippen LogP contribution in [0.4, 0.5) is 0 Å². The predicted molar refractivity (Wildman–Crippen MR) is 95.4 cm³/mol. The van der Waals surface area contributed by atoms with Crippen LogP contribution < -0.4 is 10.1 Å². The van der Waals surface area contributed by atoms with Gasteiger partial charge in [0.05, 0.1) is 22.8 Å². The highest BCUT2D eigenvalue weighted by Crippen LogP contribution is 2.34. The van der Waals surface area contributed by atoms with Crippen LogP contribution in [0, 0.1) is 0 Å². The van der Waals surface area contributed by atoms with Crippen molar-refractivity contribution in [1.29, 1.82) is 0 Å². The fraction of sp³-hybridized carbons (Fsp3) is 0.333. The molecule has 0 aromatic heterocycles. The van der Waals surface area contributed by atoms with E-state index in [1.54, 1.807) is 0 Å². The van der Waals surface area contributed by atoms with Crippen LogP contribution >= 0.6 is 23.2 Å². The second-order valence-corrected chi connectivity index (χ2v) is 6.11. The van der Waals surface area contributed by atoms with Crippen LogP contribution in [0.2, 0.25) is 10.0 Å². The number of rotatable bonds is 8. The SMILES string of the molecule is CCCOc1c(Cl)cc(CNCC(O)c2ccccc2)cc1Cl. The van der Waals surface area contributed by atoms with Crippen LogP contribution in [-0.2, 0) is 6.54 Å². The smallest absolute Gasteiger partial charge is 0.156 e. The highest BCUT2D eigenvalue weighted by Gasteiger charge is 2.10. The molecule has 124 valence electrons. The van der Waals surface area contributed by atoms with E-state index < -0.39 is 6.10 Å². The van der Waals surface area contributed by atoms with Gasteiger partial charge in [-0.2, -0.15) is 0 Å². The first-order valence-corrected chi connectivity index (χ1v) is 8.41. The molecule has 0 heterocycles. The third kappa shape index (κ3) is 5.40. The molecule has 0 aliphatic carbocycles. The van der Waals surface area contributed by atoms with Gasteiger partial charge in [-0.15, -0.1) is 0 Å². The van der Waals surface area contributed by atoms with Crippen LogP contribution in [-0.4, -0.2) is 18.3 Å². The van der Waals surface area contributed by atoms with Crippen LogP contribution in [0.15, 0.2) is 42.5 Å². The highest BCUT2D eigenvalue weighted by molar-refractivity contribution is 6.37. The van der Waals surface area contributed by atoms with E-state index in [2.05, 4.69) is 5.32 Å². The summed E-state index contributed by atoms with van der Waals surface area (Å²) in [6, 6.07) is 13.2. The summed E-state index contributed by atoms with van der Waals surface area (Å²) in [5.41, 5.74) is 1.84. The van der Waals surface area contributed by atoms with Gasteiger partial charge in [-0.25, -0.2) is 0 Å². The maximum atomic E-state index is 10.1. The number of benzene rings is 2. The van der Waals surface area contributed by atoms with Crippen LogP contribution in [0.25, 0.3) is 0 Å². The van der Waals surface area contributed by atoms with Gasteiger partial charge in [0.2, 0.25) is 0 Å². The van der Waals surface area contributed by atoms with Crippen molar-refractivity contribution in [3.63, 3.8) is 0 Å². The minimum atomic E-state index is -0.547.